The highest BCUT2D eigenvalue weighted by Crippen LogP contribution is 2.40. The predicted molar refractivity (Wildman–Crippen MR) is 109 cm³/mol. The maximum absolute atomic E-state index is 4.93. The summed E-state index contributed by atoms with van der Waals surface area (Å²) < 4.78 is 0. The molecule has 7 heteroatoms. The molecular formula is C21H21N7. The summed E-state index contributed by atoms with van der Waals surface area (Å²) in [4.78, 5) is 16.8. The summed E-state index contributed by atoms with van der Waals surface area (Å²) in [7, 11) is 0. The van der Waals surface area contributed by atoms with E-state index in [1.807, 2.05) is 13.1 Å². The topological polar surface area (TPSA) is 75.5 Å². The molecule has 5 rings (SSSR count). The van der Waals surface area contributed by atoms with Crippen LogP contribution in [0.25, 0.3) is 16.7 Å². The number of fused-ring (bicyclic) bond motifs is 1. The van der Waals surface area contributed by atoms with Crippen molar-refractivity contribution >= 4 is 16.7 Å². The molecule has 28 heavy (non-hydrogen) atoms. The van der Waals surface area contributed by atoms with Gasteiger partial charge in [0.1, 0.15) is 11.5 Å². The molecule has 1 fully saturated rings. The fraction of sp³-hybridized carbons (Fsp3) is 0.238. The summed E-state index contributed by atoms with van der Waals surface area (Å²) in [6.45, 7) is 9.10. The third-order valence-electron chi connectivity index (χ3n) is 5.24. The molecule has 0 saturated carbocycles. The largest absolute Gasteiger partial charge is 0.355 e. The van der Waals surface area contributed by atoms with Crippen molar-refractivity contribution in [3.05, 3.63) is 72.1 Å². The first-order valence-electron chi connectivity index (χ1n) is 9.32. The third kappa shape index (κ3) is 2.67. The number of hydrogen-bond acceptors (Lipinski definition) is 5. The van der Waals surface area contributed by atoms with E-state index in [0.717, 1.165) is 46.9 Å². The van der Waals surface area contributed by atoms with E-state index >= 15 is 0 Å². The maximum Gasteiger partial charge on any atom is 0.130 e. The van der Waals surface area contributed by atoms with Crippen LogP contribution in [0.4, 0.5) is 5.69 Å². The molecule has 1 atom stereocenters. The number of pyridine rings is 1. The number of H-pyrrole nitrogens is 1. The van der Waals surface area contributed by atoms with Gasteiger partial charge in [0.2, 0.25) is 0 Å². The fourth-order valence-corrected chi connectivity index (χ4v) is 3.91. The Hall–Kier alpha value is -3.48. The number of imidazole rings is 1. The van der Waals surface area contributed by atoms with Crippen LogP contribution in [0.15, 0.2) is 55.0 Å². The second-order valence-corrected chi connectivity index (χ2v) is 7.32. The first-order valence-corrected chi connectivity index (χ1v) is 9.32. The summed E-state index contributed by atoms with van der Waals surface area (Å²) in [5.41, 5.74) is 7.26. The van der Waals surface area contributed by atoms with Crippen LogP contribution in [-0.4, -0.2) is 36.5 Å². The van der Waals surface area contributed by atoms with E-state index < -0.39 is 0 Å². The minimum Gasteiger partial charge on any atom is -0.355 e. The van der Waals surface area contributed by atoms with E-state index in [9.17, 15) is 0 Å². The van der Waals surface area contributed by atoms with Crippen molar-refractivity contribution in [2.24, 2.45) is 0 Å². The maximum atomic E-state index is 4.93. The average Bonchev–Trinajstić information content (AvgIpc) is 3.41. The molecule has 0 amide bonds. The van der Waals surface area contributed by atoms with Crippen LogP contribution in [0.1, 0.15) is 29.5 Å². The van der Waals surface area contributed by atoms with Crippen LogP contribution in [0, 0.1) is 13.8 Å². The smallest absolute Gasteiger partial charge is 0.130 e. The molecule has 0 aliphatic carbocycles. The van der Waals surface area contributed by atoms with Crippen LogP contribution in [-0.2, 0) is 0 Å². The average molecular weight is 371 g/mol. The van der Waals surface area contributed by atoms with Crippen molar-refractivity contribution in [3.63, 3.8) is 0 Å². The quantitative estimate of drug-likeness (QED) is 0.556. The molecule has 140 valence electrons. The standard InChI is InChI=1S/C21H21N7/c1-13-9-18(21-25-16-6-4-5-14(2)20(16)26-21)27(12-13)17-10-15(3)22-11-19(17)28-23-7-8-24-28/h4-8,10-11,18H,1,9,12H2,2-3H3,(H,25,26)/t18-/m0/s1. The molecule has 4 aromatic rings. The minimum absolute atomic E-state index is 0.0791. The number of anilines is 1. The van der Waals surface area contributed by atoms with Gasteiger partial charge in [0.15, 0.2) is 0 Å². The lowest BCUT2D eigenvalue weighted by atomic mass is 10.1. The predicted octanol–water partition coefficient (Wildman–Crippen LogP) is 3.66. The van der Waals surface area contributed by atoms with Gasteiger partial charge >= 0.3 is 0 Å². The zero-order valence-corrected chi connectivity index (χ0v) is 15.9. The molecule has 0 radical (unpaired) electrons. The van der Waals surface area contributed by atoms with Gasteiger partial charge in [-0.05, 0) is 38.0 Å². The minimum atomic E-state index is 0.0791. The van der Waals surface area contributed by atoms with E-state index in [-0.39, 0.29) is 6.04 Å². The molecule has 1 saturated heterocycles. The number of rotatable bonds is 3. The van der Waals surface area contributed by atoms with Crippen molar-refractivity contribution in [1.29, 1.82) is 0 Å². The van der Waals surface area contributed by atoms with Gasteiger partial charge in [-0.15, -0.1) is 4.80 Å². The van der Waals surface area contributed by atoms with E-state index in [1.165, 1.54) is 11.1 Å². The molecule has 3 aromatic heterocycles. The lowest BCUT2D eigenvalue weighted by Crippen LogP contribution is -2.25. The molecule has 0 unspecified atom stereocenters. The Morgan fingerprint density at radius 1 is 1.14 bits per heavy atom. The van der Waals surface area contributed by atoms with Crippen LogP contribution < -0.4 is 4.90 Å². The van der Waals surface area contributed by atoms with E-state index in [0.29, 0.717) is 0 Å². The Kier molecular flexibility index (Phi) is 3.75. The van der Waals surface area contributed by atoms with Gasteiger partial charge in [-0.2, -0.15) is 10.2 Å². The fourth-order valence-electron chi connectivity index (χ4n) is 3.91. The van der Waals surface area contributed by atoms with Gasteiger partial charge in [-0.25, -0.2) is 4.98 Å². The Balaban J connectivity index is 1.64. The molecule has 7 nitrogen and oxygen atoms in total. The number of aromatic amines is 1. The summed E-state index contributed by atoms with van der Waals surface area (Å²) >= 11 is 0. The second kappa shape index (κ2) is 6.30. The summed E-state index contributed by atoms with van der Waals surface area (Å²) in [5.74, 6) is 0.955. The second-order valence-electron chi connectivity index (χ2n) is 7.32. The number of aromatic nitrogens is 6. The Labute approximate surface area is 162 Å². The number of nitrogens with one attached hydrogen (secondary N) is 1. The third-order valence-corrected chi connectivity index (χ3v) is 5.24. The van der Waals surface area contributed by atoms with Crippen molar-refractivity contribution in [2.75, 3.05) is 11.4 Å². The molecule has 1 aliphatic heterocycles. The van der Waals surface area contributed by atoms with Gasteiger partial charge in [0.05, 0.1) is 41.4 Å². The van der Waals surface area contributed by atoms with Gasteiger partial charge in [-0.3, -0.25) is 4.98 Å². The van der Waals surface area contributed by atoms with Gasteiger partial charge in [0.25, 0.3) is 0 Å². The summed E-state index contributed by atoms with van der Waals surface area (Å²) in [6, 6.07) is 8.38. The highest BCUT2D eigenvalue weighted by Gasteiger charge is 2.33. The SMILES string of the molecule is C=C1C[C@@H](c2nc3c(C)cccc3[nH]2)N(c2cc(C)ncc2-n2nccn2)C1. The lowest BCUT2D eigenvalue weighted by Gasteiger charge is -2.27. The highest BCUT2D eigenvalue weighted by molar-refractivity contribution is 5.79. The molecule has 1 aliphatic rings. The molecule has 0 bridgehead atoms. The number of aryl methyl sites for hydroxylation is 2. The number of hydrogen-bond donors (Lipinski definition) is 1. The lowest BCUT2D eigenvalue weighted by molar-refractivity contribution is 0.677. The van der Waals surface area contributed by atoms with Crippen molar-refractivity contribution in [3.8, 4) is 5.69 Å². The summed E-state index contributed by atoms with van der Waals surface area (Å²) in [6.07, 6.45) is 6.02. The van der Waals surface area contributed by atoms with Gasteiger partial charge in [-0.1, -0.05) is 24.3 Å². The molecule has 1 N–H and O–H groups in total. The van der Waals surface area contributed by atoms with Gasteiger partial charge in [0, 0.05) is 12.2 Å². The molecule has 0 spiro atoms. The van der Waals surface area contributed by atoms with Crippen molar-refractivity contribution < 1.29 is 0 Å². The Morgan fingerprint density at radius 2 is 1.96 bits per heavy atom. The number of benzene rings is 1. The Bertz CT molecular complexity index is 1170. The van der Waals surface area contributed by atoms with Gasteiger partial charge < -0.3 is 9.88 Å². The van der Waals surface area contributed by atoms with Crippen molar-refractivity contribution in [2.45, 2.75) is 26.3 Å². The van der Waals surface area contributed by atoms with E-state index in [2.05, 4.69) is 62.8 Å². The number of para-hydroxylation sites is 1. The zero-order valence-electron chi connectivity index (χ0n) is 15.9. The van der Waals surface area contributed by atoms with Crippen LogP contribution in [0.5, 0.6) is 0 Å². The van der Waals surface area contributed by atoms with E-state index in [1.54, 1.807) is 17.2 Å². The van der Waals surface area contributed by atoms with Crippen LogP contribution in [0.3, 0.4) is 0 Å². The molecular weight excluding hydrogens is 350 g/mol. The van der Waals surface area contributed by atoms with Crippen LogP contribution >= 0.6 is 0 Å². The molecule has 4 heterocycles. The van der Waals surface area contributed by atoms with E-state index in [4.69, 9.17) is 4.98 Å². The van der Waals surface area contributed by atoms with Crippen LogP contribution in [0.2, 0.25) is 0 Å². The normalized spacial score (nSPS) is 17.0. The van der Waals surface area contributed by atoms with Crippen molar-refractivity contribution in [1.82, 2.24) is 29.9 Å². The first kappa shape index (κ1) is 16.7. The zero-order chi connectivity index (χ0) is 19.3. The first-order chi connectivity index (χ1) is 13.6. The highest BCUT2D eigenvalue weighted by atomic mass is 15.5. The summed E-state index contributed by atoms with van der Waals surface area (Å²) in [5, 5.41) is 8.61. The Morgan fingerprint density at radius 3 is 2.75 bits per heavy atom. The number of nitrogens with zero attached hydrogens (tertiary/aromatic N) is 6. The monoisotopic (exact) mass is 371 g/mol. The molecule has 1 aromatic carbocycles.